The Morgan fingerprint density at radius 3 is 2.70 bits per heavy atom. The summed E-state index contributed by atoms with van der Waals surface area (Å²) in [5, 5.41) is 11.5. The van der Waals surface area contributed by atoms with Gasteiger partial charge in [-0.25, -0.2) is 4.79 Å². The molecular weight excluding hydrogens is 262 g/mol. The van der Waals surface area contributed by atoms with Crippen LogP contribution in [0.25, 0.3) is 0 Å². The number of aliphatic carboxylic acids is 1. The number of amides is 3. The average Bonchev–Trinajstić information content (AvgIpc) is 3.21. The van der Waals surface area contributed by atoms with Gasteiger partial charge in [0.25, 0.3) is 0 Å². The molecule has 0 aromatic heterocycles. The fraction of sp³-hybridized carbons (Fsp3) is 0.769. The molecule has 1 aliphatic carbocycles. The molecule has 7 heteroatoms. The van der Waals surface area contributed by atoms with Crippen LogP contribution in [0.4, 0.5) is 4.79 Å². The zero-order valence-corrected chi connectivity index (χ0v) is 11.7. The van der Waals surface area contributed by atoms with Crippen molar-refractivity contribution in [3.63, 3.8) is 0 Å². The zero-order valence-electron chi connectivity index (χ0n) is 11.7. The first-order chi connectivity index (χ1) is 9.52. The predicted molar refractivity (Wildman–Crippen MR) is 71.1 cm³/mol. The van der Waals surface area contributed by atoms with Crippen molar-refractivity contribution in [3.8, 4) is 0 Å². The van der Waals surface area contributed by atoms with E-state index in [1.807, 2.05) is 6.92 Å². The highest BCUT2D eigenvalue weighted by molar-refractivity contribution is 5.91. The van der Waals surface area contributed by atoms with E-state index in [9.17, 15) is 14.4 Å². The Kier molecular flexibility index (Phi) is 4.46. The lowest BCUT2D eigenvalue weighted by Gasteiger charge is -2.37. The maximum atomic E-state index is 12.5. The molecule has 20 heavy (non-hydrogen) atoms. The van der Waals surface area contributed by atoms with Crippen LogP contribution in [0, 0.1) is 5.92 Å². The van der Waals surface area contributed by atoms with Crippen molar-refractivity contribution >= 4 is 17.9 Å². The first-order valence-corrected chi connectivity index (χ1v) is 7.08. The average molecular weight is 283 g/mol. The largest absolute Gasteiger partial charge is 0.481 e. The van der Waals surface area contributed by atoms with Crippen LogP contribution >= 0.6 is 0 Å². The maximum absolute atomic E-state index is 12.5. The van der Waals surface area contributed by atoms with E-state index >= 15 is 0 Å². The van der Waals surface area contributed by atoms with Crippen LogP contribution in [0.3, 0.4) is 0 Å². The molecule has 1 saturated heterocycles. The maximum Gasteiger partial charge on any atom is 0.320 e. The third-order valence-corrected chi connectivity index (χ3v) is 3.77. The lowest BCUT2D eigenvalue weighted by atomic mass is 10.1. The lowest BCUT2D eigenvalue weighted by Crippen LogP contribution is -2.60. The Labute approximate surface area is 117 Å². The quantitative estimate of drug-likeness (QED) is 0.749. The van der Waals surface area contributed by atoms with Gasteiger partial charge in [0.2, 0.25) is 5.91 Å². The number of hydrogen-bond donors (Lipinski definition) is 2. The van der Waals surface area contributed by atoms with Crippen LogP contribution in [0.1, 0.15) is 26.2 Å². The molecule has 3 amide bonds. The third kappa shape index (κ3) is 3.40. The Bertz CT molecular complexity index is 408. The van der Waals surface area contributed by atoms with Gasteiger partial charge in [0.05, 0.1) is 6.42 Å². The zero-order chi connectivity index (χ0) is 14.7. The van der Waals surface area contributed by atoms with Gasteiger partial charge < -0.3 is 20.2 Å². The smallest absolute Gasteiger partial charge is 0.320 e. The minimum Gasteiger partial charge on any atom is -0.481 e. The van der Waals surface area contributed by atoms with Gasteiger partial charge in [-0.1, -0.05) is 0 Å². The van der Waals surface area contributed by atoms with E-state index in [-0.39, 0.29) is 18.4 Å². The second kappa shape index (κ2) is 6.11. The summed E-state index contributed by atoms with van der Waals surface area (Å²) in [6.45, 7) is 3.92. The highest BCUT2D eigenvalue weighted by atomic mass is 16.4. The number of carbonyl (C=O) groups excluding carboxylic acids is 2. The molecule has 0 bridgehead atoms. The van der Waals surface area contributed by atoms with Crippen molar-refractivity contribution < 1.29 is 19.5 Å². The molecule has 2 N–H and O–H groups in total. The summed E-state index contributed by atoms with van der Waals surface area (Å²) in [6.07, 6.45) is 1.93. The van der Waals surface area contributed by atoms with E-state index in [0.29, 0.717) is 32.1 Å². The molecule has 0 aromatic rings. The second-order valence-corrected chi connectivity index (χ2v) is 5.36. The second-order valence-electron chi connectivity index (χ2n) is 5.36. The van der Waals surface area contributed by atoms with Crippen molar-refractivity contribution in [2.45, 2.75) is 32.2 Å². The summed E-state index contributed by atoms with van der Waals surface area (Å²) in [5.74, 6) is -0.889. The topological polar surface area (TPSA) is 90.0 Å². The Balaban J connectivity index is 2.06. The summed E-state index contributed by atoms with van der Waals surface area (Å²) in [6, 6.07) is -1.12. The molecule has 0 spiro atoms. The predicted octanol–water partition coefficient (Wildman–Crippen LogP) is 0.113. The van der Waals surface area contributed by atoms with Gasteiger partial charge in [-0.15, -0.1) is 0 Å². The number of carboxylic acid groups (broad SMARTS) is 1. The fourth-order valence-corrected chi connectivity index (χ4v) is 2.45. The minimum atomic E-state index is -1.07. The number of piperazine rings is 1. The Morgan fingerprint density at radius 2 is 2.15 bits per heavy atom. The van der Waals surface area contributed by atoms with Crippen LogP contribution < -0.4 is 5.32 Å². The van der Waals surface area contributed by atoms with E-state index in [1.54, 1.807) is 4.90 Å². The van der Waals surface area contributed by atoms with E-state index < -0.39 is 12.0 Å². The van der Waals surface area contributed by atoms with E-state index in [2.05, 4.69) is 5.32 Å². The summed E-state index contributed by atoms with van der Waals surface area (Å²) in [7, 11) is 0. The first-order valence-electron chi connectivity index (χ1n) is 7.08. The summed E-state index contributed by atoms with van der Waals surface area (Å²) < 4.78 is 0. The number of nitrogens with zero attached hydrogens (tertiary/aromatic N) is 2. The number of carbonyl (C=O) groups is 3. The van der Waals surface area contributed by atoms with Crippen LogP contribution in [0.5, 0.6) is 0 Å². The monoisotopic (exact) mass is 283 g/mol. The standard InChI is InChI=1S/C13H21N3O4/c1-2-15(8-9-3-4-9)13(20)16-6-5-14-12(19)10(16)7-11(17)18/h9-10H,2-8H2,1H3,(H,14,19)(H,17,18). The number of hydrogen-bond acceptors (Lipinski definition) is 3. The van der Waals surface area contributed by atoms with Crippen molar-refractivity contribution in [2.24, 2.45) is 5.92 Å². The molecule has 2 rings (SSSR count). The highest BCUT2D eigenvalue weighted by Crippen LogP contribution is 2.30. The van der Waals surface area contributed by atoms with Crippen molar-refractivity contribution in [1.29, 1.82) is 0 Å². The number of carboxylic acids is 1. The summed E-state index contributed by atoms with van der Waals surface area (Å²) >= 11 is 0. The molecule has 1 unspecified atom stereocenters. The van der Waals surface area contributed by atoms with Crippen LogP contribution in [0.2, 0.25) is 0 Å². The van der Waals surface area contributed by atoms with E-state index in [1.165, 1.54) is 4.90 Å². The van der Waals surface area contributed by atoms with E-state index in [0.717, 1.165) is 12.8 Å². The normalized spacial score (nSPS) is 22.4. The number of urea groups is 1. The van der Waals surface area contributed by atoms with Gasteiger partial charge in [0.15, 0.2) is 0 Å². The third-order valence-electron chi connectivity index (χ3n) is 3.77. The summed E-state index contributed by atoms with van der Waals surface area (Å²) in [5.41, 5.74) is 0. The molecule has 112 valence electrons. The van der Waals surface area contributed by atoms with Crippen LogP contribution in [0.15, 0.2) is 0 Å². The van der Waals surface area contributed by atoms with Gasteiger partial charge in [0.1, 0.15) is 6.04 Å². The SMILES string of the molecule is CCN(CC1CC1)C(=O)N1CCNC(=O)C1CC(=O)O. The lowest BCUT2D eigenvalue weighted by molar-refractivity contribution is -0.142. The number of nitrogens with one attached hydrogen (secondary N) is 1. The minimum absolute atomic E-state index is 0.222. The van der Waals surface area contributed by atoms with Gasteiger partial charge in [-0.3, -0.25) is 9.59 Å². The molecule has 1 aliphatic heterocycles. The molecular formula is C13H21N3O4. The molecule has 0 aromatic carbocycles. The number of rotatable bonds is 5. The van der Waals surface area contributed by atoms with Crippen molar-refractivity contribution in [2.75, 3.05) is 26.2 Å². The molecule has 1 heterocycles. The van der Waals surface area contributed by atoms with Crippen LogP contribution in [-0.4, -0.2) is 65.0 Å². The summed E-state index contributed by atoms with van der Waals surface area (Å²) in [4.78, 5) is 38.3. The molecule has 1 atom stereocenters. The first kappa shape index (κ1) is 14.6. The highest BCUT2D eigenvalue weighted by Gasteiger charge is 2.37. The van der Waals surface area contributed by atoms with Gasteiger partial charge in [-0.05, 0) is 25.7 Å². The molecule has 0 radical (unpaired) electrons. The van der Waals surface area contributed by atoms with Crippen molar-refractivity contribution in [1.82, 2.24) is 15.1 Å². The molecule has 2 aliphatic rings. The molecule has 2 fully saturated rings. The molecule has 1 saturated carbocycles. The Hall–Kier alpha value is -1.79. The van der Waals surface area contributed by atoms with Gasteiger partial charge >= 0.3 is 12.0 Å². The fourth-order valence-electron chi connectivity index (χ4n) is 2.45. The van der Waals surface area contributed by atoms with Crippen molar-refractivity contribution in [3.05, 3.63) is 0 Å². The van der Waals surface area contributed by atoms with E-state index in [4.69, 9.17) is 5.11 Å². The Morgan fingerprint density at radius 1 is 1.45 bits per heavy atom. The van der Waals surface area contributed by atoms with Gasteiger partial charge in [-0.2, -0.15) is 0 Å². The van der Waals surface area contributed by atoms with Crippen LogP contribution in [-0.2, 0) is 9.59 Å². The van der Waals surface area contributed by atoms with Gasteiger partial charge in [0, 0.05) is 26.2 Å². The molecule has 7 nitrogen and oxygen atoms in total.